The van der Waals surface area contributed by atoms with Gasteiger partial charge in [-0.05, 0) is 23.8 Å². The average Bonchev–Trinajstić information content (AvgIpc) is 2.99. The number of aromatic nitrogens is 3. The highest BCUT2D eigenvalue weighted by Crippen LogP contribution is 2.31. The minimum Gasteiger partial charge on any atom is -0.465 e. The summed E-state index contributed by atoms with van der Waals surface area (Å²) in [4.78, 5) is 21.1. The van der Waals surface area contributed by atoms with Crippen LogP contribution in [0.4, 0.5) is 4.79 Å². The Morgan fingerprint density at radius 3 is 2.73 bits per heavy atom. The Labute approximate surface area is 158 Å². The Morgan fingerprint density at radius 2 is 2.00 bits per heavy atom. The minimum absolute atomic E-state index is 0.330. The molecule has 0 saturated carbocycles. The lowest BCUT2D eigenvalue weighted by molar-refractivity contribution is -0.000893. The van der Waals surface area contributed by atoms with Gasteiger partial charge in [0.15, 0.2) is 5.65 Å². The van der Waals surface area contributed by atoms with Gasteiger partial charge >= 0.3 is 6.09 Å². The van der Waals surface area contributed by atoms with Gasteiger partial charge in [0.1, 0.15) is 16.6 Å². The second-order valence-corrected chi connectivity index (χ2v) is 6.61. The van der Waals surface area contributed by atoms with Crippen LogP contribution in [0.5, 0.6) is 0 Å². The fraction of sp³-hybridized carbons (Fsp3) is 0.235. The molecule has 9 heteroatoms. The maximum absolute atomic E-state index is 11.4. The number of rotatable bonds is 2. The number of halogens is 2. The van der Waals surface area contributed by atoms with Crippen molar-refractivity contribution in [3.05, 3.63) is 52.5 Å². The highest BCUT2D eigenvalue weighted by atomic mass is 35.5. The third-order valence-corrected chi connectivity index (χ3v) is 4.99. The third kappa shape index (κ3) is 2.88. The van der Waals surface area contributed by atoms with Gasteiger partial charge in [-0.1, -0.05) is 35.3 Å². The molecule has 1 aliphatic heterocycles. The van der Waals surface area contributed by atoms with E-state index in [-0.39, 0.29) is 6.04 Å². The number of morpholine rings is 1. The molecule has 0 bridgehead atoms. The van der Waals surface area contributed by atoms with Crippen molar-refractivity contribution < 1.29 is 14.6 Å². The molecule has 0 spiro atoms. The van der Waals surface area contributed by atoms with Gasteiger partial charge in [-0.25, -0.2) is 14.8 Å². The summed E-state index contributed by atoms with van der Waals surface area (Å²) in [7, 11) is 0. The fourth-order valence-electron chi connectivity index (χ4n) is 3.15. The van der Waals surface area contributed by atoms with E-state index in [0.717, 1.165) is 11.3 Å². The molecule has 1 aromatic carbocycles. The first-order valence-electron chi connectivity index (χ1n) is 7.91. The lowest BCUT2D eigenvalue weighted by Crippen LogP contribution is -2.42. The molecule has 1 amide bonds. The number of benzene rings is 1. The summed E-state index contributed by atoms with van der Waals surface area (Å²) in [5.41, 5.74) is 2.26. The van der Waals surface area contributed by atoms with Crippen LogP contribution in [-0.4, -0.2) is 50.4 Å². The highest BCUT2D eigenvalue weighted by Gasteiger charge is 2.28. The predicted octanol–water partition coefficient (Wildman–Crippen LogP) is 3.78. The predicted molar refractivity (Wildman–Crippen MR) is 97.2 cm³/mol. The summed E-state index contributed by atoms with van der Waals surface area (Å²) >= 11 is 12.5. The van der Waals surface area contributed by atoms with E-state index in [1.54, 1.807) is 10.6 Å². The first-order chi connectivity index (χ1) is 12.6. The molecule has 26 heavy (non-hydrogen) atoms. The van der Waals surface area contributed by atoms with Gasteiger partial charge in [0.05, 0.1) is 24.6 Å². The number of ether oxygens (including phenoxy) is 1. The first-order valence-corrected chi connectivity index (χ1v) is 8.67. The van der Waals surface area contributed by atoms with E-state index in [1.807, 2.05) is 24.3 Å². The second kappa shape index (κ2) is 6.75. The van der Waals surface area contributed by atoms with Gasteiger partial charge in [0, 0.05) is 12.2 Å². The van der Waals surface area contributed by atoms with Crippen molar-refractivity contribution in [3.8, 4) is 5.69 Å². The average molecular weight is 393 g/mol. The summed E-state index contributed by atoms with van der Waals surface area (Å²) in [5, 5.41) is 10.8. The van der Waals surface area contributed by atoms with Gasteiger partial charge in [-0.3, -0.25) is 9.47 Å². The standard InChI is InChI=1S/C17H14Cl2N4O3/c18-14-7-12-15(19)20-9-21-16(12)23(14)11-3-1-10(2-4-11)13-8-26-6-5-22(13)17(24)25/h1-4,7,9,13H,5-6,8H2,(H,24,25)/t13-/m0/s1. The molecule has 1 saturated heterocycles. The van der Waals surface area contributed by atoms with Crippen LogP contribution in [0.1, 0.15) is 11.6 Å². The van der Waals surface area contributed by atoms with Crippen molar-refractivity contribution >= 4 is 40.3 Å². The van der Waals surface area contributed by atoms with E-state index in [2.05, 4.69) is 9.97 Å². The Kier molecular flexibility index (Phi) is 4.44. The summed E-state index contributed by atoms with van der Waals surface area (Å²) < 4.78 is 7.21. The van der Waals surface area contributed by atoms with Crippen LogP contribution in [-0.2, 0) is 4.74 Å². The van der Waals surface area contributed by atoms with Crippen LogP contribution in [0.3, 0.4) is 0 Å². The Hall–Kier alpha value is -2.35. The summed E-state index contributed by atoms with van der Waals surface area (Å²) in [6.07, 6.45) is 0.434. The van der Waals surface area contributed by atoms with Gasteiger partial charge in [0.2, 0.25) is 0 Å². The molecule has 0 radical (unpaired) electrons. The number of carbonyl (C=O) groups is 1. The van der Waals surface area contributed by atoms with E-state index in [0.29, 0.717) is 41.1 Å². The van der Waals surface area contributed by atoms with Crippen molar-refractivity contribution in [3.63, 3.8) is 0 Å². The van der Waals surface area contributed by atoms with Crippen LogP contribution in [0.2, 0.25) is 10.3 Å². The van der Waals surface area contributed by atoms with Crippen molar-refractivity contribution in [2.24, 2.45) is 0 Å². The zero-order valence-electron chi connectivity index (χ0n) is 13.5. The van der Waals surface area contributed by atoms with E-state index < -0.39 is 6.09 Å². The number of carboxylic acid groups (broad SMARTS) is 1. The summed E-state index contributed by atoms with van der Waals surface area (Å²) in [6, 6.07) is 8.86. The van der Waals surface area contributed by atoms with E-state index in [4.69, 9.17) is 27.9 Å². The quantitative estimate of drug-likeness (QED) is 0.671. The summed E-state index contributed by atoms with van der Waals surface area (Å²) in [6.45, 7) is 1.10. The van der Waals surface area contributed by atoms with Crippen molar-refractivity contribution in [2.45, 2.75) is 6.04 Å². The monoisotopic (exact) mass is 392 g/mol. The van der Waals surface area contributed by atoms with Gasteiger partial charge < -0.3 is 9.84 Å². The molecule has 1 aliphatic rings. The zero-order chi connectivity index (χ0) is 18.3. The number of hydrogen-bond donors (Lipinski definition) is 1. The lowest BCUT2D eigenvalue weighted by Gasteiger charge is -2.33. The number of hydrogen-bond acceptors (Lipinski definition) is 4. The molecule has 7 nitrogen and oxygen atoms in total. The molecule has 2 aromatic heterocycles. The summed E-state index contributed by atoms with van der Waals surface area (Å²) in [5.74, 6) is 0. The highest BCUT2D eigenvalue weighted by molar-refractivity contribution is 6.36. The molecule has 1 N–H and O–H groups in total. The fourth-order valence-corrected chi connectivity index (χ4v) is 3.62. The molecular weight excluding hydrogens is 379 g/mol. The van der Waals surface area contributed by atoms with Crippen LogP contribution in [0.15, 0.2) is 36.7 Å². The zero-order valence-corrected chi connectivity index (χ0v) is 15.0. The van der Waals surface area contributed by atoms with E-state index in [9.17, 15) is 9.90 Å². The van der Waals surface area contributed by atoms with Crippen LogP contribution in [0.25, 0.3) is 16.7 Å². The molecular formula is C17H14Cl2N4O3. The first kappa shape index (κ1) is 17.1. The number of amides is 1. The van der Waals surface area contributed by atoms with Crippen LogP contribution >= 0.6 is 23.2 Å². The Bertz CT molecular complexity index is 974. The maximum atomic E-state index is 11.4. The minimum atomic E-state index is -0.951. The van der Waals surface area contributed by atoms with Crippen molar-refractivity contribution in [1.29, 1.82) is 0 Å². The molecule has 3 aromatic rings. The van der Waals surface area contributed by atoms with Gasteiger partial charge in [0.25, 0.3) is 0 Å². The largest absolute Gasteiger partial charge is 0.465 e. The van der Waals surface area contributed by atoms with Crippen LogP contribution < -0.4 is 0 Å². The van der Waals surface area contributed by atoms with Crippen molar-refractivity contribution in [2.75, 3.05) is 19.8 Å². The molecule has 0 aliphatic carbocycles. The van der Waals surface area contributed by atoms with Crippen LogP contribution in [0, 0.1) is 0 Å². The molecule has 134 valence electrons. The third-order valence-electron chi connectivity index (χ3n) is 4.41. The lowest BCUT2D eigenvalue weighted by atomic mass is 10.0. The van der Waals surface area contributed by atoms with Gasteiger partial charge in [-0.2, -0.15) is 0 Å². The SMILES string of the molecule is O=C(O)N1CCOC[C@H]1c1ccc(-n2c(Cl)cc3c(Cl)ncnc32)cc1. The van der Waals surface area contributed by atoms with E-state index in [1.165, 1.54) is 11.2 Å². The molecule has 1 atom stereocenters. The Morgan fingerprint density at radius 1 is 1.23 bits per heavy atom. The maximum Gasteiger partial charge on any atom is 0.407 e. The Balaban J connectivity index is 1.72. The number of nitrogens with zero attached hydrogens (tertiary/aromatic N) is 4. The van der Waals surface area contributed by atoms with Crippen molar-refractivity contribution in [1.82, 2.24) is 19.4 Å². The normalized spacial score (nSPS) is 17.6. The smallest absolute Gasteiger partial charge is 0.407 e. The molecule has 0 unspecified atom stereocenters. The topological polar surface area (TPSA) is 80.5 Å². The molecule has 3 heterocycles. The number of fused-ring (bicyclic) bond motifs is 1. The van der Waals surface area contributed by atoms with Gasteiger partial charge in [-0.15, -0.1) is 0 Å². The molecule has 1 fully saturated rings. The molecule has 4 rings (SSSR count). The second-order valence-electron chi connectivity index (χ2n) is 5.86. The van der Waals surface area contributed by atoms with E-state index >= 15 is 0 Å².